The normalized spacial score (nSPS) is 21.4. The number of hydrogen-bond donors (Lipinski definition) is 1. The number of piperidine rings is 1. The quantitative estimate of drug-likeness (QED) is 0.546. The van der Waals surface area contributed by atoms with Crippen molar-refractivity contribution in [2.45, 2.75) is 75.8 Å². The Morgan fingerprint density at radius 3 is 2.10 bits per heavy atom. The first-order valence-corrected chi connectivity index (χ1v) is 12.3. The Hall–Kier alpha value is -2.33. The lowest BCUT2D eigenvalue weighted by molar-refractivity contribution is 0.0319. The Morgan fingerprint density at radius 1 is 0.774 bits per heavy atom. The maximum absolute atomic E-state index is 6.37. The summed E-state index contributed by atoms with van der Waals surface area (Å²) in [7, 11) is 0. The molecule has 0 amide bonds. The number of nitrogens with zero attached hydrogens (tertiary/aromatic N) is 3. The molecule has 1 aliphatic carbocycles. The summed E-state index contributed by atoms with van der Waals surface area (Å²) >= 11 is 0. The second kappa shape index (κ2) is 9.04. The van der Waals surface area contributed by atoms with E-state index >= 15 is 0 Å². The summed E-state index contributed by atoms with van der Waals surface area (Å²) in [4.78, 5) is 7.45. The van der Waals surface area contributed by atoms with Crippen molar-refractivity contribution in [1.29, 1.82) is 0 Å². The number of nitrogen functional groups attached to an aromatic ring is 1. The Labute approximate surface area is 186 Å². The fourth-order valence-electron chi connectivity index (χ4n) is 6.20. The maximum atomic E-state index is 6.37. The zero-order valence-electron chi connectivity index (χ0n) is 18.7. The third-order valence-corrected chi connectivity index (χ3v) is 7.80. The van der Waals surface area contributed by atoms with Crippen LogP contribution in [-0.4, -0.2) is 27.5 Å². The number of nitrogens with two attached hydrogens (primary N) is 1. The van der Waals surface area contributed by atoms with Gasteiger partial charge in [-0.25, -0.2) is 4.98 Å². The highest BCUT2D eigenvalue weighted by Crippen LogP contribution is 2.43. The summed E-state index contributed by atoms with van der Waals surface area (Å²) in [5, 5.41) is 0. The molecule has 1 aliphatic heterocycles. The molecule has 0 unspecified atom stereocenters. The van der Waals surface area contributed by atoms with Crippen LogP contribution in [0.3, 0.4) is 0 Å². The smallest absolute Gasteiger partial charge is 0.201 e. The molecule has 1 aromatic heterocycles. The summed E-state index contributed by atoms with van der Waals surface area (Å²) in [5.41, 5.74) is 10.3. The Kier molecular flexibility index (Phi) is 5.99. The van der Waals surface area contributed by atoms with Crippen molar-refractivity contribution in [3.8, 4) is 0 Å². The number of fused-ring (bicyclic) bond motifs is 1. The van der Waals surface area contributed by atoms with Gasteiger partial charge in [-0.3, -0.25) is 4.90 Å². The number of imidazole rings is 1. The first kappa shape index (κ1) is 20.6. The van der Waals surface area contributed by atoms with E-state index < -0.39 is 0 Å². The van der Waals surface area contributed by atoms with Crippen molar-refractivity contribution in [2.75, 3.05) is 18.8 Å². The van der Waals surface area contributed by atoms with Crippen molar-refractivity contribution >= 4 is 17.0 Å². The lowest BCUT2D eigenvalue weighted by atomic mass is 9.78. The van der Waals surface area contributed by atoms with E-state index in [2.05, 4.69) is 63.0 Å². The highest BCUT2D eigenvalue weighted by molar-refractivity contribution is 5.78. The molecule has 31 heavy (non-hydrogen) atoms. The van der Waals surface area contributed by atoms with Gasteiger partial charge in [-0.1, -0.05) is 81.0 Å². The molecule has 5 rings (SSSR count). The van der Waals surface area contributed by atoms with Crippen LogP contribution in [0, 0.1) is 0 Å². The van der Waals surface area contributed by atoms with Crippen LogP contribution in [0.15, 0.2) is 54.6 Å². The lowest BCUT2D eigenvalue weighted by Crippen LogP contribution is -2.50. The van der Waals surface area contributed by atoms with Gasteiger partial charge in [-0.05, 0) is 43.4 Å². The van der Waals surface area contributed by atoms with Gasteiger partial charge >= 0.3 is 0 Å². The molecule has 1 saturated carbocycles. The van der Waals surface area contributed by atoms with Crippen molar-refractivity contribution in [3.05, 3.63) is 60.2 Å². The van der Waals surface area contributed by atoms with Crippen molar-refractivity contribution in [2.24, 2.45) is 0 Å². The Morgan fingerprint density at radius 2 is 1.39 bits per heavy atom. The van der Waals surface area contributed by atoms with Gasteiger partial charge in [0.15, 0.2) is 0 Å². The molecule has 2 N–H and O–H groups in total. The van der Waals surface area contributed by atoms with Gasteiger partial charge in [-0.15, -0.1) is 0 Å². The maximum Gasteiger partial charge on any atom is 0.201 e. The minimum Gasteiger partial charge on any atom is -0.369 e. The average Bonchev–Trinajstić information content (AvgIpc) is 3.21. The van der Waals surface area contributed by atoms with Crippen LogP contribution < -0.4 is 5.73 Å². The number of anilines is 1. The number of hydrogen-bond acceptors (Lipinski definition) is 3. The molecule has 164 valence electrons. The van der Waals surface area contributed by atoms with E-state index in [0.717, 1.165) is 31.4 Å². The highest BCUT2D eigenvalue weighted by atomic mass is 15.2. The van der Waals surface area contributed by atoms with Crippen molar-refractivity contribution in [3.63, 3.8) is 0 Å². The average molecular weight is 417 g/mol. The van der Waals surface area contributed by atoms with Crippen LogP contribution in [-0.2, 0) is 5.54 Å². The molecule has 2 aliphatic rings. The Balaban J connectivity index is 1.41. The summed E-state index contributed by atoms with van der Waals surface area (Å²) in [6, 6.07) is 20.2. The van der Waals surface area contributed by atoms with E-state index in [9.17, 15) is 0 Å². The lowest BCUT2D eigenvalue weighted by Gasteiger charge is -2.48. The Bertz CT molecular complexity index is 975. The van der Waals surface area contributed by atoms with Crippen LogP contribution in [0.1, 0.15) is 75.8 Å². The number of para-hydroxylation sites is 2. The third-order valence-electron chi connectivity index (χ3n) is 7.80. The molecule has 2 aromatic carbocycles. The van der Waals surface area contributed by atoms with Gasteiger partial charge < -0.3 is 10.3 Å². The van der Waals surface area contributed by atoms with Gasteiger partial charge in [0.1, 0.15) is 0 Å². The van der Waals surface area contributed by atoms with Gasteiger partial charge in [0, 0.05) is 24.7 Å². The van der Waals surface area contributed by atoms with Gasteiger partial charge in [-0.2, -0.15) is 0 Å². The van der Waals surface area contributed by atoms with Crippen LogP contribution >= 0.6 is 0 Å². The summed E-state index contributed by atoms with van der Waals surface area (Å²) in [5.74, 6) is 0.667. The molecular formula is C27H36N4. The molecule has 2 heterocycles. The monoisotopic (exact) mass is 416 g/mol. The zero-order valence-corrected chi connectivity index (χ0v) is 18.7. The second-order valence-corrected chi connectivity index (χ2v) is 9.57. The third kappa shape index (κ3) is 3.98. The van der Waals surface area contributed by atoms with E-state index in [-0.39, 0.29) is 5.54 Å². The molecule has 3 aromatic rings. The first-order chi connectivity index (χ1) is 15.3. The molecule has 0 spiro atoms. The van der Waals surface area contributed by atoms with Crippen LogP contribution in [0.2, 0.25) is 0 Å². The summed E-state index contributed by atoms with van der Waals surface area (Å²) < 4.78 is 2.30. The van der Waals surface area contributed by atoms with Gasteiger partial charge in [0.05, 0.1) is 11.0 Å². The number of likely N-dealkylation sites (tertiary alicyclic amines) is 1. The fourth-order valence-corrected chi connectivity index (χ4v) is 6.20. The minimum absolute atomic E-state index is 0.194. The predicted octanol–water partition coefficient (Wildman–Crippen LogP) is 6.29. The first-order valence-electron chi connectivity index (χ1n) is 12.3. The highest BCUT2D eigenvalue weighted by Gasteiger charge is 2.40. The topological polar surface area (TPSA) is 47.1 Å². The zero-order chi connectivity index (χ0) is 21.1. The number of rotatable bonds is 3. The molecule has 4 nitrogen and oxygen atoms in total. The fraction of sp³-hybridized carbons (Fsp3) is 0.519. The molecule has 4 heteroatoms. The number of aromatic nitrogens is 2. The van der Waals surface area contributed by atoms with Crippen LogP contribution in [0.25, 0.3) is 11.0 Å². The number of benzene rings is 2. The van der Waals surface area contributed by atoms with Gasteiger partial charge in [0.2, 0.25) is 5.95 Å². The van der Waals surface area contributed by atoms with Crippen LogP contribution in [0.5, 0.6) is 0 Å². The second-order valence-electron chi connectivity index (χ2n) is 9.57. The van der Waals surface area contributed by atoms with E-state index in [4.69, 9.17) is 5.73 Å². The molecule has 1 saturated heterocycles. The van der Waals surface area contributed by atoms with E-state index in [1.807, 2.05) is 6.07 Å². The van der Waals surface area contributed by atoms with Crippen LogP contribution in [0.4, 0.5) is 5.95 Å². The van der Waals surface area contributed by atoms with E-state index in [0.29, 0.717) is 12.0 Å². The van der Waals surface area contributed by atoms with E-state index in [1.54, 1.807) is 0 Å². The van der Waals surface area contributed by atoms with Crippen molar-refractivity contribution < 1.29 is 0 Å². The SMILES string of the molecule is Nc1nc2ccccc2n1C1CCN(C2(c3ccccc3)CCCCCCCC2)CC1. The molecular weight excluding hydrogens is 380 g/mol. The predicted molar refractivity (Wildman–Crippen MR) is 129 cm³/mol. The molecule has 0 bridgehead atoms. The molecule has 0 atom stereocenters. The molecule has 2 fully saturated rings. The standard InChI is InChI=1S/C27H36N4/c28-26-29-24-14-8-9-15-25(24)31(26)23-16-20-30(21-17-23)27(22-12-6-5-7-13-22)18-10-3-1-2-4-11-19-27/h5-9,12-15,23H,1-4,10-11,16-21H2,(H2,28,29). The van der Waals surface area contributed by atoms with Crippen molar-refractivity contribution in [1.82, 2.24) is 14.5 Å². The largest absolute Gasteiger partial charge is 0.369 e. The minimum atomic E-state index is 0.194. The summed E-state index contributed by atoms with van der Waals surface area (Å²) in [6.45, 7) is 2.26. The molecule has 0 radical (unpaired) electrons. The van der Waals surface area contributed by atoms with E-state index in [1.165, 1.54) is 62.4 Å². The summed E-state index contributed by atoms with van der Waals surface area (Å²) in [6.07, 6.45) is 13.1. The van der Waals surface area contributed by atoms with Gasteiger partial charge in [0.25, 0.3) is 0 Å².